The van der Waals surface area contributed by atoms with Gasteiger partial charge in [0.1, 0.15) is 0 Å². The molecule has 270 valence electrons. The fourth-order valence-electron chi connectivity index (χ4n) is 10.1. The van der Waals surface area contributed by atoms with E-state index in [1.54, 1.807) is 0 Å². The van der Waals surface area contributed by atoms with Gasteiger partial charge in [0.2, 0.25) is 0 Å². The first kappa shape index (κ1) is 33.7. The molecule has 0 atom stereocenters. The Bertz CT molecular complexity index is 2880. The lowest BCUT2D eigenvalue weighted by Crippen LogP contribution is -2.27. The molecule has 1 heteroatoms. The first-order valence-electron chi connectivity index (χ1n) is 20.0. The van der Waals surface area contributed by atoms with Crippen molar-refractivity contribution in [3.63, 3.8) is 0 Å². The molecular formula is C55H44S. The summed E-state index contributed by atoms with van der Waals surface area (Å²) in [6.07, 6.45) is 0. The van der Waals surface area contributed by atoms with Gasteiger partial charge in [-0.05, 0) is 117 Å². The van der Waals surface area contributed by atoms with E-state index in [-0.39, 0.29) is 10.8 Å². The third kappa shape index (κ3) is 4.61. The Balaban J connectivity index is 1.11. The van der Waals surface area contributed by atoms with Crippen LogP contribution in [-0.4, -0.2) is 0 Å². The second kappa shape index (κ2) is 11.7. The second-order valence-electron chi connectivity index (χ2n) is 18.1. The molecule has 0 saturated carbocycles. The van der Waals surface area contributed by atoms with Crippen molar-refractivity contribution in [3.8, 4) is 55.6 Å². The minimum Gasteiger partial charge on any atom is -0.0888 e. The highest BCUT2D eigenvalue weighted by atomic mass is 32.2. The van der Waals surface area contributed by atoms with Crippen LogP contribution >= 0.6 is 11.8 Å². The molecule has 2 aliphatic carbocycles. The third-order valence-electron chi connectivity index (χ3n) is 12.8. The molecule has 1 spiro atoms. The molecular weight excluding hydrogens is 693 g/mol. The summed E-state index contributed by atoms with van der Waals surface area (Å²) in [6.45, 7) is 14.0. The predicted molar refractivity (Wildman–Crippen MR) is 238 cm³/mol. The van der Waals surface area contributed by atoms with Crippen molar-refractivity contribution in [1.29, 1.82) is 0 Å². The molecule has 0 unspecified atom stereocenters. The fourth-order valence-corrected chi connectivity index (χ4v) is 11.2. The second-order valence-corrected chi connectivity index (χ2v) is 19.1. The Morgan fingerprint density at radius 3 is 1.59 bits per heavy atom. The maximum Gasteiger partial charge on any atom is 0.0725 e. The molecule has 8 aromatic carbocycles. The first-order valence-corrected chi connectivity index (χ1v) is 20.8. The lowest BCUT2D eigenvalue weighted by atomic mass is 9.68. The molecule has 3 aliphatic rings. The lowest BCUT2D eigenvalue weighted by Gasteiger charge is -2.33. The van der Waals surface area contributed by atoms with Crippen molar-refractivity contribution in [2.45, 2.75) is 67.6 Å². The van der Waals surface area contributed by atoms with E-state index in [1.807, 2.05) is 11.8 Å². The van der Waals surface area contributed by atoms with E-state index in [9.17, 15) is 0 Å². The monoisotopic (exact) mass is 736 g/mol. The highest BCUT2D eigenvalue weighted by Crippen LogP contribution is 2.64. The van der Waals surface area contributed by atoms with E-state index in [4.69, 9.17) is 0 Å². The summed E-state index contributed by atoms with van der Waals surface area (Å²) in [5.41, 5.74) is 21.1. The van der Waals surface area contributed by atoms with Crippen LogP contribution in [0.2, 0.25) is 0 Å². The van der Waals surface area contributed by atoms with Gasteiger partial charge in [-0.15, -0.1) is 0 Å². The molecule has 0 aromatic heterocycles. The van der Waals surface area contributed by atoms with Crippen molar-refractivity contribution in [3.05, 3.63) is 191 Å². The number of hydrogen-bond donors (Lipinski definition) is 0. The zero-order valence-electron chi connectivity index (χ0n) is 32.9. The van der Waals surface area contributed by atoms with E-state index in [2.05, 4.69) is 199 Å². The standard InChI is InChI=1S/C55H44S/c1-53(2,3)35-25-27-39-40-28-26-36(54(4,5)6)32-48(40)55(47(39)31-35)45-18-9-7-14-44(45)51-38(15-12-19-46(51)55)34-23-21-33(22-24-34)37-29-30-50-52-42(37)16-11-17-43(52)41-13-8-10-20-49(41)56-50/h7-32H,1-6H3. The Kier molecular flexibility index (Phi) is 7.04. The van der Waals surface area contributed by atoms with E-state index in [1.165, 1.54) is 110 Å². The minimum atomic E-state index is -0.408. The molecule has 0 N–H and O–H groups in total. The predicted octanol–water partition coefficient (Wildman–Crippen LogP) is 15.2. The van der Waals surface area contributed by atoms with Gasteiger partial charge >= 0.3 is 0 Å². The van der Waals surface area contributed by atoms with Gasteiger partial charge in [0, 0.05) is 15.2 Å². The van der Waals surface area contributed by atoms with E-state index in [0.29, 0.717) is 0 Å². The van der Waals surface area contributed by atoms with Gasteiger partial charge in [0.05, 0.1) is 5.41 Å². The Morgan fingerprint density at radius 2 is 0.911 bits per heavy atom. The third-order valence-corrected chi connectivity index (χ3v) is 14.0. The lowest BCUT2D eigenvalue weighted by molar-refractivity contribution is 0.586. The molecule has 1 aliphatic heterocycles. The molecule has 8 aromatic rings. The molecule has 56 heavy (non-hydrogen) atoms. The average molecular weight is 737 g/mol. The summed E-state index contributed by atoms with van der Waals surface area (Å²) in [7, 11) is 0. The van der Waals surface area contributed by atoms with Crippen molar-refractivity contribution >= 4 is 22.5 Å². The molecule has 0 amide bonds. The summed E-state index contributed by atoms with van der Waals surface area (Å²) in [5, 5.41) is 2.68. The summed E-state index contributed by atoms with van der Waals surface area (Å²) < 4.78 is 0. The Morgan fingerprint density at radius 1 is 0.375 bits per heavy atom. The minimum absolute atomic E-state index is 0.0274. The molecule has 11 rings (SSSR count). The largest absolute Gasteiger partial charge is 0.0888 e. The summed E-state index contributed by atoms with van der Waals surface area (Å²) in [5.74, 6) is 0. The van der Waals surface area contributed by atoms with Crippen LogP contribution in [0.1, 0.15) is 74.9 Å². The summed E-state index contributed by atoms with van der Waals surface area (Å²) in [4.78, 5) is 2.67. The normalized spacial score (nSPS) is 14.3. The molecule has 0 bridgehead atoms. The maximum atomic E-state index is 2.54. The van der Waals surface area contributed by atoms with Gasteiger partial charge in [0.15, 0.2) is 0 Å². The van der Waals surface area contributed by atoms with Crippen molar-refractivity contribution in [1.82, 2.24) is 0 Å². The zero-order chi connectivity index (χ0) is 38.1. The van der Waals surface area contributed by atoms with Crippen LogP contribution in [0.5, 0.6) is 0 Å². The van der Waals surface area contributed by atoms with Crippen molar-refractivity contribution in [2.75, 3.05) is 0 Å². The van der Waals surface area contributed by atoms with Crippen LogP contribution in [0.4, 0.5) is 0 Å². The molecule has 0 saturated heterocycles. The smallest absolute Gasteiger partial charge is 0.0725 e. The van der Waals surface area contributed by atoms with E-state index < -0.39 is 5.41 Å². The molecule has 0 fully saturated rings. The fraction of sp³-hybridized carbons (Fsp3) is 0.164. The van der Waals surface area contributed by atoms with Crippen LogP contribution < -0.4 is 0 Å². The molecule has 0 nitrogen and oxygen atoms in total. The van der Waals surface area contributed by atoms with Crippen LogP contribution in [0, 0.1) is 0 Å². The van der Waals surface area contributed by atoms with Crippen LogP contribution in [0.15, 0.2) is 168 Å². The van der Waals surface area contributed by atoms with Crippen LogP contribution in [0.3, 0.4) is 0 Å². The SMILES string of the molecule is CC(C)(C)c1ccc2c(c1)C1(c3cc(C(C)(C)C)ccc3-2)c2ccccc2-c2c(-c3ccc(-c4ccc5c6c(cccc46)-c4ccccc4S5)cc3)cccc21. The average Bonchev–Trinajstić information content (AvgIpc) is 3.67. The quantitative estimate of drug-likeness (QED) is 0.170. The highest BCUT2D eigenvalue weighted by molar-refractivity contribution is 7.99. The van der Waals surface area contributed by atoms with Gasteiger partial charge in [0.25, 0.3) is 0 Å². The van der Waals surface area contributed by atoms with Gasteiger partial charge in [-0.3, -0.25) is 0 Å². The summed E-state index contributed by atoms with van der Waals surface area (Å²) in [6, 6.07) is 60.6. The number of benzene rings is 8. The van der Waals surface area contributed by atoms with Crippen molar-refractivity contribution < 1.29 is 0 Å². The zero-order valence-corrected chi connectivity index (χ0v) is 33.7. The van der Waals surface area contributed by atoms with Crippen LogP contribution in [-0.2, 0) is 16.2 Å². The van der Waals surface area contributed by atoms with E-state index in [0.717, 1.165) is 0 Å². The van der Waals surface area contributed by atoms with Crippen LogP contribution in [0.25, 0.3) is 66.4 Å². The Hall–Kier alpha value is -5.63. The van der Waals surface area contributed by atoms with Crippen molar-refractivity contribution in [2.24, 2.45) is 0 Å². The molecule has 0 radical (unpaired) electrons. The van der Waals surface area contributed by atoms with Gasteiger partial charge in [-0.2, -0.15) is 0 Å². The maximum absolute atomic E-state index is 2.54. The summed E-state index contributed by atoms with van der Waals surface area (Å²) >= 11 is 1.89. The number of fused-ring (bicyclic) bond motifs is 12. The topological polar surface area (TPSA) is 0 Å². The van der Waals surface area contributed by atoms with Gasteiger partial charge in [-0.1, -0.05) is 199 Å². The molecule has 1 heterocycles. The first-order chi connectivity index (χ1) is 27.0. The highest BCUT2D eigenvalue weighted by Gasteiger charge is 2.52. The Labute approximate surface area is 335 Å². The van der Waals surface area contributed by atoms with Gasteiger partial charge in [-0.25, -0.2) is 0 Å². The number of hydrogen-bond acceptors (Lipinski definition) is 1. The van der Waals surface area contributed by atoms with E-state index >= 15 is 0 Å². The number of rotatable bonds is 2. The van der Waals surface area contributed by atoms with Gasteiger partial charge < -0.3 is 0 Å².